The molecule has 0 bridgehead atoms. The molecule has 0 unspecified atom stereocenters. The van der Waals surface area contributed by atoms with Crippen LogP contribution in [0.4, 0.5) is 0 Å². The van der Waals surface area contributed by atoms with Crippen LogP contribution in [0.2, 0.25) is 0 Å². The van der Waals surface area contributed by atoms with Crippen molar-refractivity contribution >= 4 is 32.6 Å². The van der Waals surface area contributed by atoms with Crippen LogP contribution in [-0.2, 0) is 0 Å². The van der Waals surface area contributed by atoms with Gasteiger partial charge < -0.3 is 0 Å². The van der Waals surface area contributed by atoms with Gasteiger partial charge in [-0.2, -0.15) is 0 Å². The Labute approximate surface area is 210 Å². The number of benzene rings is 6. The van der Waals surface area contributed by atoms with Gasteiger partial charge in [0.2, 0.25) is 0 Å². The molecular formula is C34H24N2. The molecule has 7 rings (SSSR count). The van der Waals surface area contributed by atoms with Gasteiger partial charge in [0.15, 0.2) is 0 Å². The Balaban J connectivity index is 1.55. The summed E-state index contributed by atoms with van der Waals surface area (Å²) in [5.41, 5.74) is 8.27. The predicted molar refractivity (Wildman–Crippen MR) is 152 cm³/mol. The van der Waals surface area contributed by atoms with E-state index in [2.05, 4.69) is 133 Å². The lowest BCUT2D eigenvalue weighted by Gasteiger charge is -2.18. The molecule has 0 fully saturated rings. The fourth-order valence-electron chi connectivity index (χ4n) is 5.63. The standard InChI is InChI=1S/C34H24N2/c1-23-35-31-20-9-10-21-32(31)36(23)26-15-11-14-25(22-26)34-29-18-7-5-16-27(29)33(24-12-3-2-4-13-24)28-17-6-8-19-30(28)34/h2-22H,1H3. The summed E-state index contributed by atoms with van der Waals surface area (Å²) >= 11 is 0. The lowest BCUT2D eigenvalue weighted by Crippen LogP contribution is -1.97. The maximum absolute atomic E-state index is 4.80. The highest BCUT2D eigenvalue weighted by Gasteiger charge is 2.17. The molecule has 36 heavy (non-hydrogen) atoms. The van der Waals surface area contributed by atoms with Crippen molar-refractivity contribution < 1.29 is 0 Å². The Bertz CT molecular complexity index is 1840. The van der Waals surface area contributed by atoms with E-state index in [9.17, 15) is 0 Å². The third kappa shape index (κ3) is 3.15. The molecule has 2 heteroatoms. The average Bonchev–Trinajstić information content (AvgIpc) is 3.27. The molecule has 0 radical (unpaired) electrons. The number of imidazole rings is 1. The lowest BCUT2D eigenvalue weighted by molar-refractivity contribution is 1.00. The molecule has 0 aliphatic carbocycles. The molecule has 0 saturated heterocycles. The highest BCUT2D eigenvalue weighted by Crippen LogP contribution is 2.43. The van der Waals surface area contributed by atoms with Crippen molar-refractivity contribution in [2.24, 2.45) is 0 Å². The van der Waals surface area contributed by atoms with Crippen LogP contribution >= 0.6 is 0 Å². The first-order valence-electron chi connectivity index (χ1n) is 12.3. The average molecular weight is 461 g/mol. The van der Waals surface area contributed by atoms with Crippen LogP contribution in [0.1, 0.15) is 5.82 Å². The monoisotopic (exact) mass is 460 g/mol. The van der Waals surface area contributed by atoms with Gasteiger partial charge in [0, 0.05) is 5.69 Å². The molecule has 1 heterocycles. The van der Waals surface area contributed by atoms with Crippen molar-refractivity contribution in [1.29, 1.82) is 0 Å². The third-order valence-electron chi connectivity index (χ3n) is 7.12. The molecule has 1 aromatic heterocycles. The smallest absolute Gasteiger partial charge is 0.111 e. The minimum Gasteiger partial charge on any atom is -0.297 e. The second-order valence-corrected chi connectivity index (χ2v) is 9.24. The summed E-state index contributed by atoms with van der Waals surface area (Å²) in [6.45, 7) is 2.08. The fraction of sp³-hybridized carbons (Fsp3) is 0.0294. The maximum Gasteiger partial charge on any atom is 0.111 e. The number of aromatic nitrogens is 2. The van der Waals surface area contributed by atoms with Gasteiger partial charge in [-0.25, -0.2) is 4.98 Å². The zero-order valence-corrected chi connectivity index (χ0v) is 20.0. The van der Waals surface area contributed by atoms with E-state index in [1.54, 1.807) is 0 Å². The predicted octanol–water partition coefficient (Wildman–Crippen LogP) is 8.97. The van der Waals surface area contributed by atoms with Crippen molar-refractivity contribution in [1.82, 2.24) is 9.55 Å². The largest absolute Gasteiger partial charge is 0.297 e. The van der Waals surface area contributed by atoms with Crippen LogP contribution in [0.3, 0.4) is 0 Å². The Morgan fingerprint density at radius 2 is 1.03 bits per heavy atom. The summed E-state index contributed by atoms with van der Waals surface area (Å²) in [7, 11) is 0. The number of rotatable bonds is 3. The molecule has 0 spiro atoms. The number of aryl methyl sites for hydroxylation is 1. The van der Waals surface area contributed by atoms with E-state index in [4.69, 9.17) is 4.98 Å². The third-order valence-corrected chi connectivity index (χ3v) is 7.12. The van der Waals surface area contributed by atoms with Gasteiger partial charge in [-0.05, 0) is 75.0 Å². The van der Waals surface area contributed by atoms with E-state index in [0.717, 1.165) is 22.5 Å². The molecule has 0 atom stereocenters. The Hall–Kier alpha value is -4.69. The highest BCUT2D eigenvalue weighted by atomic mass is 15.1. The first-order valence-corrected chi connectivity index (χ1v) is 12.3. The van der Waals surface area contributed by atoms with Crippen LogP contribution in [0, 0.1) is 6.92 Å². The van der Waals surface area contributed by atoms with E-state index in [1.165, 1.54) is 43.8 Å². The number of hydrogen-bond acceptors (Lipinski definition) is 1. The van der Waals surface area contributed by atoms with Gasteiger partial charge in [-0.3, -0.25) is 4.57 Å². The van der Waals surface area contributed by atoms with Gasteiger partial charge in [0.25, 0.3) is 0 Å². The first kappa shape index (κ1) is 20.7. The molecule has 0 amide bonds. The van der Waals surface area contributed by atoms with E-state index in [0.29, 0.717) is 0 Å². The molecule has 2 nitrogen and oxygen atoms in total. The summed E-state index contributed by atoms with van der Waals surface area (Å²) < 4.78 is 2.25. The fourth-order valence-corrected chi connectivity index (χ4v) is 5.63. The van der Waals surface area contributed by atoms with Crippen molar-refractivity contribution in [3.05, 3.63) is 133 Å². The molecule has 6 aromatic carbocycles. The van der Waals surface area contributed by atoms with Crippen molar-refractivity contribution in [3.8, 4) is 27.9 Å². The van der Waals surface area contributed by atoms with Gasteiger partial charge in [-0.1, -0.05) is 103 Å². The molecule has 7 aromatic rings. The Kier molecular flexibility index (Phi) is 4.71. The summed E-state index contributed by atoms with van der Waals surface area (Å²) in [4.78, 5) is 4.80. The minimum atomic E-state index is 0.988. The van der Waals surface area contributed by atoms with Crippen LogP contribution in [-0.4, -0.2) is 9.55 Å². The van der Waals surface area contributed by atoms with Crippen molar-refractivity contribution in [2.75, 3.05) is 0 Å². The molecule has 170 valence electrons. The Morgan fingerprint density at radius 3 is 1.69 bits per heavy atom. The summed E-state index contributed by atoms with van der Waals surface area (Å²) in [5.74, 6) is 0.988. The summed E-state index contributed by atoms with van der Waals surface area (Å²) in [6.07, 6.45) is 0. The molecule has 0 N–H and O–H groups in total. The van der Waals surface area contributed by atoms with E-state index >= 15 is 0 Å². The van der Waals surface area contributed by atoms with Crippen molar-refractivity contribution in [2.45, 2.75) is 6.92 Å². The molecule has 0 saturated carbocycles. The number of para-hydroxylation sites is 2. The Morgan fingerprint density at radius 1 is 0.500 bits per heavy atom. The van der Waals surface area contributed by atoms with Gasteiger partial charge in [-0.15, -0.1) is 0 Å². The van der Waals surface area contributed by atoms with Gasteiger partial charge in [0.05, 0.1) is 11.0 Å². The molecular weight excluding hydrogens is 436 g/mol. The zero-order valence-electron chi connectivity index (χ0n) is 20.0. The van der Waals surface area contributed by atoms with E-state index in [-0.39, 0.29) is 0 Å². The van der Waals surface area contributed by atoms with Crippen LogP contribution in [0.15, 0.2) is 127 Å². The zero-order chi connectivity index (χ0) is 24.1. The second-order valence-electron chi connectivity index (χ2n) is 9.24. The van der Waals surface area contributed by atoms with E-state index < -0.39 is 0 Å². The number of hydrogen-bond donors (Lipinski definition) is 0. The number of nitrogens with zero attached hydrogens (tertiary/aromatic N) is 2. The highest BCUT2D eigenvalue weighted by molar-refractivity contribution is 6.21. The topological polar surface area (TPSA) is 17.8 Å². The first-order chi connectivity index (χ1) is 17.8. The SMILES string of the molecule is Cc1nc2ccccc2n1-c1cccc(-c2c3ccccc3c(-c3ccccc3)c3ccccc23)c1. The van der Waals surface area contributed by atoms with Crippen LogP contribution in [0.5, 0.6) is 0 Å². The second kappa shape index (κ2) is 8.21. The number of fused-ring (bicyclic) bond motifs is 3. The van der Waals surface area contributed by atoms with E-state index in [1.807, 2.05) is 6.07 Å². The van der Waals surface area contributed by atoms with Crippen LogP contribution < -0.4 is 0 Å². The van der Waals surface area contributed by atoms with Crippen LogP contribution in [0.25, 0.3) is 60.5 Å². The van der Waals surface area contributed by atoms with Gasteiger partial charge >= 0.3 is 0 Å². The molecule has 0 aliphatic heterocycles. The maximum atomic E-state index is 4.80. The normalized spacial score (nSPS) is 11.5. The minimum absolute atomic E-state index is 0.988. The quantitative estimate of drug-likeness (QED) is 0.241. The lowest BCUT2D eigenvalue weighted by atomic mass is 9.86. The van der Waals surface area contributed by atoms with Crippen molar-refractivity contribution in [3.63, 3.8) is 0 Å². The van der Waals surface area contributed by atoms with Gasteiger partial charge in [0.1, 0.15) is 5.82 Å². The summed E-state index contributed by atoms with van der Waals surface area (Å²) in [5, 5.41) is 5.07. The molecule has 0 aliphatic rings. The summed E-state index contributed by atoms with van der Waals surface area (Å²) in [6, 6.07) is 45.5.